The van der Waals surface area contributed by atoms with Crippen molar-refractivity contribution in [3.63, 3.8) is 0 Å². The lowest BCUT2D eigenvalue weighted by Crippen LogP contribution is -2.46. The first-order valence-corrected chi connectivity index (χ1v) is 7.04. The Morgan fingerprint density at radius 3 is 2.50 bits per heavy atom. The van der Waals surface area contributed by atoms with Gasteiger partial charge in [0.15, 0.2) is 11.5 Å². The molecule has 0 saturated heterocycles. The van der Waals surface area contributed by atoms with E-state index in [-0.39, 0.29) is 11.7 Å². The SMILES string of the molecule is Cc1ccc(NC(=O)C2Oc3ccccc3OC2C)cc1F. The van der Waals surface area contributed by atoms with Crippen molar-refractivity contribution in [2.45, 2.75) is 26.1 Å². The highest BCUT2D eigenvalue weighted by Gasteiger charge is 2.34. The molecule has 1 aliphatic rings. The number of fused-ring (bicyclic) bond motifs is 1. The molecule has 2 atom stereocenters. The van der Waals surface area contributed by atoms with Gasteiger partial charge in [-0.2, -0.15) is 0 Å². The second-order valence-corrected chi connectivity index (χ2v) is 5.26. The van der Waals surface area contributed by atoms with Gasteiger partial charge in [-0.15, -0.1) is 0 Å². The number of carbonyl (C=O) groups is 1. The Bertz CT molecular complexity index is 717. The van der Waals surface area contributed by atoms with Gasteiger partial charge in [-0.25, -0.2) is 4.39 Å². The van der Waals surface area contributed by atoms with Crippen LogP contribution in [-0.2, 0) is 4.79 Å². The number of ether oxygens (including phenoxy) is 2. The number of nitrogens with one attached hydrogen (secondary N) is 1. The van der Waals surface area contributed by atoms with Crippen LogP contribution in [0.15, 0.2) is 42.5 Å². The summed E-state index contributed by atoms with van der Waals surface area (Å²) in [6.07, 6.45) is -1.23. The third-order valence-electron chi connectivity index (χ3n) is 3.54. The predicted molar refractivity (Wildman–Crippen MR) is 80.7 cm³/mol. The number of anilines is 1. The molecule has 2 unspecified atom stereocenters. The molecule has 1 amide bonds. The van der Waals surface area contributed by atoms with Gasteiger partial charge in [-0.3, -0.25) is 4.79 Å². The number of amides is 1. The number of para-hydroxylation sites is 2. The molecule has 0 aromatic heterocycles. The maximum Gasteiger partial charge on any atom is 0.269 e. The highest BCUT2D eigenvalue weighted by Crippen LogP contribution is 2.33. The zero-order chi connectivity index (χ0) is 15.7. The zero-order valence-electron chi connectivity index (χ0n) is 12.3. The fourth-order valence-electron chi connectivity index (χ4n) is 2.29. The summed E-state index contributed by atoms with van der Waals surface area (Å²) in [6.45, 7) is 3.42. The van der Waals surface area contributed by atoms with Crippen LogP contribution in [-0.4, -0.2) is 18.1 Å². The number of benzene rings is 2. The lowest BCUT2D eigenvalue weighted by atomic mass is 10.1. The summed E-state index contributed by atoms with van der Waals surface area (Å²) >= 11 is 0. The molecule has 4 nitrogen and oxygen atoms in total. The van der Waals surface area contributed by atoms with Crippen LogP contribution in [0.4, 0.5) is 10.1 Å². The topological polar surface area (TPSA) is 47.6 Å². The monoisotopic (exact) mass is 301 g/mol. The maximum absolute atomic E-state index is 13.5. The minimum Gasteiger partial charge on any atom is -0.482 e. The Labute approximate surface area is 127 Å². The van der Waals surface area contributed by atoms with Gasteiger partial charge >= 0.3 is 0 Å². The van der Waals surface area contributed by atoms with E-state index in [0.29, 0.717) is 22.7 Å². The van der Waals surface area contributed by atoms with Crippen molar-refractivity contribution in [3.05, 3.63) is 53.8 Å². The lowest BCUT2D eigenvalue weighted by molar-refractivity contribution is -0.128. The number of halogens is 1. The minimum absolute atomic E-state index is 0.364. The van der Waals surface area contributed by atoms with E-state index in [1.807, 2.05) is 12.1 Å². The van der Waals surface area contributed by atoms with Gasteiger partial charge in [-0.1, -0.05) is 18.2 Å². The normalized spacial score (nSPS) is 19.6. The quantitative estimate of drug-likeness (QED) is 0.926. The molecule has 2 aromatic rings. The fourth-order valence-corrected chi connectivity index (χ4v) is 2.29. The van der Waals surface area contributed by atoms with E-state index in [4.69, 9.17) is 9.47 Å². The number of hydrogen-bond donors (Lipinski definition) is 1. The number of carbonyl (C=O) groups excluding carboxylic acids is 1. The first kappa shape index (κ1) is 14.4. The molecule has 114 valence electrons. The highest BCUT2D eigenvalue weighted by atomic mass is 19.1. The summed E-state index contributed by atoms with van der Waals surface area (Å²) in [5.74, 6) is 0.401. The van der Waals surface area contributed by atoms with Crippen LogP contribution in [0.2, 0.25) is 0 Å². The van der Waals surface area contributed by atoms with E-state index in [9.17, 15) is 9.18 Å². The summed E-state index contributed by atoms with van der Waals surface area (Å²) < 4.78 is 24.9. The van der Waals surface area contributed by atoms with Gasteiger partial charge in [0.1, 0.15) is 11.9 Å². The second-order valence-electron chi connectivity index (χ2n) is 5.26. The Hall–Kier alpha value is -2.56. The van der Waals surface area contributed by atoms with Crippen LogP contribution >= 0.6 is 0 Å². The average Bonchev–Trinajstić information content (AvgIpc) is 2.50. The maximum atomic E-state index is 13.5. The van der Waals surface area contributed by atoms with Crippen molar-refractivity contribution in [1.29, 1.82) is 0 Å². The van der Waals surface area contributed by atoms with Gasteiger partial charge in [-0.05, 0) is 43.7 Å². The summed E-state index contributed by atoms with van der Waals surface area (Å²) in [4.78, 5) is 12.3. The molecular weight excluding hydrogens is 285 g/mol. The molecule has 1 N–H and O–H groups in total. The van der Waals surface area contributed by atoms with Gasteiger partial charge in [0.2, 0.25) is 6.10 Å². The van der Waals surface area contributed by atoms with Crippen LogP contribution < -0.4 is 14.8 Å². The van der Waals surface area contributed by atoms with Crippen LogP contribution in [0.1, 0.15) is 12.5 Å². The molecule has 0 fully saturated rings. The van der Waals surface area contributed by atoms with Crippen molar-refractivity contribution in [2.24, 2.45) is 0 Å². The van der Waals surface area contributed by atoms with Crippen molar-refractivity contribution in [2.75, 3.05) is 5.32 Å². The molecule has 22 heavy (non-hydrogen) atoms. The van der Waals surface area contributed by atoms with E-state index < -0.39 is 12.2 Å². The average molecular weight is 301 g/mol. The lowest BCUT2D eigenvalue weighted by Gasteiger charge is -2.31. The molecule has 0 saturated carbocycles. The first-order valence-electron chi connectivity index (χ1n) is 7.04. The Kier molecular flexibility index (Phi) is 3.71. The highest BCUT2D eigenvalue weighted by molar-refractivity contribution is 5.95. The van der Waals surface area contributed by atoms with Crippen LogP contribution in [0.25, 0.3) is 0 Å². The van der Waals surface area contributed by atoms with Crippen LogP contribution in [0.5, 0.6) is 11.5 Å². The molecular formula is C17H16FNO3. The molecule has 2 aromatic carbocycles. The second kappa shape index (κ2) is 5.67. The summed E-state index contributed by atoms with van der Waals surface area (Å²) in [5.41, 5.74) is 0.917. The summed E-state index contributed by atoms with van der Waals surface area (Å²) in [6, 6.07) is 11.7. The number of rotatable bonds is 2. The molecule has 0 aliphatic carbocycles. The van der Waals surface area contributed by atoms with Gasteiger partial charge < -0.3 is 14.8 Å². The Balaban J connectivity index is 1.76. The van der Waals surface area contributed by atoms with Crippen molar-refractivity contribution >= 4 is 11.6 Å². The Morgan fingerprint density at radius 2 is 1.82 bits per heavy atom. The number of hydrogen-bond acceptors (Lipinski definition) is 3. The summed E-state index contributed by atoms with van der Waals surface area (Å²) in [7, 11) is 0. The van der Waals surface area contributed by atoms with Gasteiger partial charge in [0.05, 0.1) is 0 Å². The van der Waals surface area contributed by atoms with Crippen LogP contribution in [0, 0.1) is 12.7 Å². The van der Waals surface area contributed by atoms with Gasteiger partial charge in [0.25, 0.3) is 5.91 Å². The Morgan fingerprint density at radius 1 is 1.14 bits per heavy atom. The number of aryl methyl sites for hydroxylation is 1. The third kappa shape index (κ3) is 2.74. The predicted octanol–water partition coefficient (Wildman–Crippen LogP) is 3.30. The van der Waals surface area contributed by atoms with E-state index in [1.54, 1.807) is 38.1 Å². The minimum atomic E-state index is -0.792. The molecule has 0 radical (unpaired) electrons. The smallest absolute Gasteiger partial charge is 0.269 e. The van der Waals surface area contributed by atoms with E-state index in [2.05, 4.69) is 5.32 Å². The molecule has 1 heterocycles. The molecule has 1 aliphatic heterocycles. The first-order chi connectivity index (χ1) is 10.5. The van der Waals surface area contributed by atoms with Crippen molar-refractivity contribution in [3.8, 4) is 11.5 Å². The standard InChI is InChI=1S/C17H16FNO3/c1-10-7-8-12(9-13(10)18)19-17(20)16-11(2)21-14-5-3-4-6-15(14)22-16/h3-9,11,16H,1-2H3,(H,19,20). The van der Waals surface area contributed by atoms with Crippen LogP contribution in [0.3, 0.4) is 0 Å². The summed E-state index contributed by atoms with van der Waals surface area (Å²) in [5, 5.41) is 2.66. The molecule has 5 heteroatoms. The molecule has 0 bridgehead atoms. The van der Waals surface area contributed by atoms with E-state index in [0.717, 1.165) is 0 Å². The fraction of sp³-hybridized carbons (Fsp3) is 0.235. The third-order valence-corrected chi connectivity index (χ3v) is 3.54. The zero-order valence-corrected chi connectivity index (χ0v) is 12.3. The molecule has 3 rings (SSSR count). The van der Waals surface area contributed by atoms with Crippen molar-refractivity contribution in [1.82, 2.24) is 0 Å². The van der Waals surface area contributed by atoms with E-state index in [1.165, 1.54) is 6.07 Å². The van der Waals surface area contributed by atoms with Crippen molar-refractivity contribution < 1.29 is 18.7 Å². The van der Waals surface area contributed by atoms with Gasteiger partial charge in [0, 0.05) is 5.69 Å². The molecule has 0 spiro atoms. The van der Waals surface area contributed by atoms with E-state index >= 15 is 0 Å². The largest absolute Gasteiger partial charge is 0.482 e.